The minimum atomic E-state index is -0.261. The highest BCUT2D eigenvalue weighted by molar-refractivity contribution is 5.78. The van der Waals surface area contributed by atoms with Gasteiger partial charge in [-0.1, -0.05) is 0 Å². The maximum Gasteiger partial charge on any atom is 0.228 e. The monoisotopic (exact) mass is 249 g/mol. The van der Waals surface area contributed by atoms with Crippen LogP contribution in [0.1, 0.15) is 19.5 Å². The number of nitrogens with zero attached hydrogens (tertiary/aromatic N) is 2. The molecule has 1 aromatic rings. The van der Waals surface area contributed by atoms with Gasteiger partial charge in [-0.05, 0) is 26.0 Å². The Labute approximate surface area is 107 Å². The summed E-state index contributed by atoms with van der Waals surface area (Å²) in [5.41, 5.74) is 6.66. The van der Waals surface area contributed by atoms with Crippen LogP contribution in [0.15, 0.2) is 18.3 Å². The number of aromatic nitrogens is 1. The lowest BCUT2D eigenvalue weighted by molar-refractivity contribution is -0.145. The fraction of sp³-hybridized carbons (Fsp3) is 0.538. The molecular formula is C13H19N3O2. The van der Waals surface area contributed by atoms with Crippen LogP contribution in [0.25, 0.3) is 0 Å². The molecule has 0 aliphatic carbocycles. The van der Waals surface area contributed by atoms with Crippen molar-refractivity contribution < 1.29 is 9.53 Å². The molecule has 1 fully saturated rings. The fourth-order valence-corrected chi connectivity index (χ4v) is 2.04. The van der Waals surface area contributed by atoms with Crippen LogP contribution >= 0.6 is 0 Å². The zero-order chi connectivity index (χ0) is 13.2. The summed E-state index contributed by atoms with van der Waals surface area (Å²) in [6, 6.07) is 3.55. The molecule has 0 radical (unpaired) electrons. The van der Waals surface area contributed by atoms with Gasteiger partial charge < -0.3 is 15.4 Å². The largest absolute Gasteiger partial charge is 0.397 e. The Balaban J connectivity index is 1.97. The van der Waals surface area contributed by atoms with Crippen molar-refractivity contribution in [3.05, 3.63) is 24.0 Å². The third-order valence-corrected chi connectivity index (χ3v) is 2.96. The molecule has 1 aromatic heterocycles. The number of amides is 1. The first-order valence-electron chi connectivity index (χ1n) is 6.08. The minimum absolute atomic E-state index is 0.0867. The summed E-state index contributed by atoms with van der Waals surface area (Å²) in [5.74, 6) is 0.0867. The number of hydrogen-bond donors (Lipinski definition) is 1. The zero-order valence-corrected chi connectivity index (χ0v) is 10.8. The van der Waals surface area contributed by atoms with Gasteiger partial charge in [0.1, 0.15) is 0 Å². The number of hydrogen-bond acceptors (Lipinski definition) is 4. The lowest BCUT2D eigenvalue weighted by Gasteiger charge is -2.38. The average Bonchev–Trinajstić information content (AvgIpc) is 2.31. The summed E-state index contributed by atoms with van der Waals surface area (Å²) < 4.78 is 5.59. The van der Waals surface area contributed by atoms with E-state index < -0.39 is 0 Å². The average molecular weight is 249 g/mol. The molecule has 98 valence electrons. The lowest BCUT2D eigenvalue weighted by Crippen LogP contribution is -2.51. The minimum Gasteiger partial charge on any atom is -0.397 e. The molecule has 2 heterocycles. The summed E-state index contributed by atoms with van der Waals surface area (Å²) in [5, 5.41) is 0. The van der Waals surface area contributed by atoms with Gasteiger partial charge in [-0.3, -0.25) is 9.78 Å². The van der Waals surface area contributed by atoms with Crippen molar-refractivity contribution in [1.82, 2.24) is 9.88 Å². The SMILES string of the molecule is CC1(C)CN(C(=O)Cc2ccc(N)cn2)CCO1. The highest BCUT2D eigenvalue weighted by Gasteiger charge is 2.29. The quantitative estimate of drug-likeness (QED) is 0.843. The van der Waals surface area contributed by atoms with Crippen LogP contribution in [-0.4, -0.2) is 41.1 Å². The van der Waals surface area contributed by atoms with Gasteiger partial charge >= 0.3 is 0 Å². The second-order valence-corrected chi connectivity index (χ2v) is 5.18. The third kappa shape index (κ3) is 3.20. The van der Waals surface area contributed by atoms with Crippen molar-refractivity contribution >= 4 is 11.6 Å². The van der Waals surface area contributed by atoms with Crippen LogP contribution < -0.4 is 5.73 Å². The van der Waals surface area contributed by atoms with Gasteiger partial charge in [-0.15, -0.1) is 0 Å². The molecule has 2 N–H and O–H groups in total. The van der Waals surface area contributed by atoms with Crippen LogP contribution in [0, 0.1) is 0 Å². The lowest BCUT2D eigenvalue weighted by atomic mass is 10.1. The van der Waals surface area contributed by atoms with E-state index in [9.17, 15) is 4.79 Å². The molecule has 1 saturated heterocycles. The molecular weight excluding hydrogens is 230 g/mol. The summed E-state index contributed by atoms with van der Waals surface area (Å²) in [6.07, 6.45) is 1.89. The van der Waals surface area contributed by atoms with E-state index in [-0.39, 0.29) is 11.5 Å². The van der Waals surface area contributed by atoms with Gasteiger partial charge in [-0.2, -0.15) is 0 Å². The number of carbonyl (C=O) groups excluding carboxylic acids is 1. The highest BCUT2D eigenvalue weighted by Crippen LogP contribution is 2.17. The van der Waals surface area contributed by atoms with Crippen LogP contribution in [0.3, 0.4) is 0 Å². The smallest absolute Gasteiger partial charge is 0.228 e. The number of nitrogen functional groups attached to an aromatic ring is 1. The Morgan fingerprint density at radius 1 is 1.56 bits per heavy atom. The van der Waals surface area contributed by atoms with Gasteiger partial charge in [0.05, 0.1) is 30.5 Å². The first-order valence-corrected chi connectivity index (χ1v) is 6.08. The summed E-state index contributed by atoms with van der Waals surface area (Å²) in [4.78, 5) is 18.1. The van der Waals surface area contributed by atoms with Crippen molar-refractivity contribution in [2.75, 3.05) is 25.4 Å². The Hall–Kier alpha value is -1.62. The molecule has 5 heteroatoms. The van der Waals surface area contributed by atoms with E-state index >= 15 is 0 Å². The van der Waals surface area contributed by atoms with Crippen LogP contribution in [-0.2, 0) is 16.0 Å². The Morgan fingerprint density at radius 3 is 2.94 bits per heavy atom. The third-order valence-electron chi connectivity index (χ3n) is 2.96. The van der Waals surface area contributed by atoms with Crippen LogP contribution in [0.2, 0.25) is 0 Å². The second-order valence-electron chi connectivity index (χ2n) is 5.18. The molecule has 0 saturated carbocycles. The number of rotatable bonds is 2. The topological polar surface area (TPSA) is 68.5 Å². The van der Waals surface area contributed by atoms with Crippen LogP contribution in [0.4, 0.5) is 5.69 Å². The molecule has 5 nitrogen and oxygen atoms in total. The van der Waals surface area contributed by atoms with E-state index in [0.29, 0.717) is 31.8 Å². The molecule has 0 aromatic carbocycles. The molecule has 2 rings (SSSR count). The van der Waals surface area contributed by atoms with Crippen LogP contribution in [0.5, 0.6) is 0 Å². The van der Waals surface area contributed by atoms with E-state index in [4.69, 9.17) is 10.5 Å². The molecule has 1 aliphatic heterocycles. The predicted molar refractivity (Wildman–Crippen MR) is 69.0 cm³/mol. The van der Waals surface area contributed by atoms with E-state index in [2.05, 4.69) is 4.98 Å². The number of nitrogens with two attached hydrogens (primary N) is 1. The zero-order valence-electron chi connectivity index (χ0n) is 10.8. The summed E-state index contributed by atoms with van der Waals surface area (Å²) >= 11 is 0. The maximum absolute atomic E-state index is 12.1. The predicted octanol–water partition coefficient (Wildman–Crippen LogP) is 0.844. The maximum atomic E-state index is 12.1. The Morgan fingerprint density at radius 2 is 2.33 bits per heavy atom. The van der Waals surface area contributed by atoms with Crippen molar-refractivity contribution in [3.8, 4) is 0 Å². The van der Waals surface area contributed by atoms with Gasteiger partial charge in [0.15, 0.2) is 0 Å². The van der Waals surface area contributed by atoms with Gasteiger partial charge in [-0.25, -0.2) is 0 Å². The van der Waals surface area contributed by atoms with Crippen molar-refractivity contribution in [2.45, 2.75) is 25.9 Å². The summed E-state index contributed by atoms with van der Waals surface area (Å²) in [6.45, 7) is 5.85. The van der Waals surface area contributed by atoms with Crippen molar-refractivity contribution in [2.24, 2.45) is 0 Å². The number of anilines is 1. The molecule has 1 aliphatic rings. The van der Waals surface area contributed by atoms with E-state index in [1.165, 1.54) is 0 Å². The first kappa shape index (κ1) is 12.8. The number of pyridine rings is 1. The molecule has 0 unspecified atom stereocenters. The standard InChI is InChI=1S/C13H19N3O2/c1-13(2)9-16(5-6-18-13)12(17)7-11-4-3-10(14)8-15-11/h3-4,8H,5-7,9,14H2,1-2H3. The molecule has 0 bridgehead atoms. The molecule has 1 amide bonds. The number of carbonyl (C=O) groups is 1. The van der Waals surface area contributed by atoms with Gasteiger partial charge in [0.2, 0.25) is 5.91 Å². The number of ether oxygens (including phenoxy) is 1. The van der Waals surface area contributed by atoms with Crippen molar-refractivity contribution in [3.63, 3.8) is 0 Å². The normalized spacial score (nSPS) is 18.7. The van der Waals surface area contributed by atoms with Gasteiger partial charge in [0.25, 0.3) is 0 Å². The first-order chi connectivity index (χ1) is 8.46. The highest BCUT2D eigenvalue weighted by atomic mass is 16.5. The Kier molecular flexibility index (Phi) is 3.52. The fourth-order valence-electron chi connectivity index (χ4n) is 2.04. The van der Waals surface area contributed by atoms with Crippen molar-refractivity contribution in [1.29, 1.82) is 0 Å². The van der Waals surface area contributed by atoms with E-state index in [1.807, 2.05) is 18.7 Å². The Bertz CT molecular complexity index is 428. The summed E-state index contributed by atoms with van der Waals surface area (Å²) in [7, 11) is 0. The molecule has 18 heavy (non-hydrogen) atoms. The van der Waals surface area contributed by atoms with E-state index in [1.54, 1.807) is 18.3 Å². The number of morpholine rings is 1. The second kappa shape index (κ2) is 4.94. The van der Waals surface area contributed by atoms with E-state index in [0.717, 1.165) is 5.69 Å². The molecule has 0 spiro atoms. The molecule has 0 atom stereocenters. The van der Waals surface area contributed by atoms with Gasteiger partial charge in [0, 0.05) is 18.8 Å².